The van der Waals surface area contributed by atoms with E-state index in [0.717, 1.165) is 6.07 Å². The van der Waals surface area contributed by atoms with Crippen molar-refractivity contribution in [2.24, 2.45) is 0 Å². The molecule has 0 aliphatic carbocycles. The van der Waals surface area contributed by atoms with Crippen LogP contribution in [0.1, 0.15) is 22.8 Å². The van der Waals surface area contributed by atoms with E-state index >= 15 is 0 Å². The minimum Gasteiger partial charge on any atom is -0.294 e. The zero-order chi connectivity index (χ0) is 10.9. The zero-order valence-electron chi connectivity index (χ0n) is 7.70. The Morgan fingerprint density at radius 3 is 2.43 bits per heavy atom. The number of hydrogen-bond acceptors (Lipinski definition) is 3. The molecule has 1 aromatic rings. The number of benzene rings is 1. The summed E-state index contributed by atoms with van der Waals surface area (Å²) < 4.78 is 13.0. The van der Waals surface area contributed by atoms with Crippen LogP contribution in [0.25, 0.3) is 0 Å². The van der Waals surface area contributed by atoms with Gasteiger partial charge in [-0.15, -0.1) is 0 Å². The number of ketones is 1. The van der Waals surface area contributed by atoms with E-state index in [2.05, 4.69) is 0 Å². The molecule has 0 bridgehead atoms. The SMILES string of the molecule is CC(=O)c1c(C)ccc(F)c1[N+](=O)[O-]. The minimum absolute atomic E-state index is 0.157. The average Bonchev–Trinajstić information content (AvgIpc) is 2.07. The van der Waals surface area contributed by atoms with Crippen LogP contribution < -0.4 is 0 Å². The lowest BCUT2D eigenvalue weighted by Gasteiger charge is -2.03. The summed E-state index contributed by atoms with van der Waals surface area (Å²) in [7, 11) is 0. The molecule has 1 rings (SSSR count). The molecular formula is C9H8FNO3. The molecule has 0 N–H and O–H groups in total. The van der Waals surface area contributed by atoms with Gasteiger partial charge in [0.2, 0.25) is 5.82 Å². The molecule has 74 valence electrons. The molecule has 5 heteroatoms. The van der Waals surface area contributed by atoms with E-state index in [1.165, 1.54) is 19.9 Å². The maximum absolute atomic E-state index is 13.0. The first-order valence-electron chi connectivity index (χ1n) is 3.89. The maximum atomic E-state index is 13.0. The monoisotopic (exact) mass is 197 g/mol. The van der Waals surface area contributed by atoms with E-state index in [4.69, 9.17) is 0 Å². The summed E-state index contributed by atoms with van der Waals surface area (Å²) in [4.78, 5) is 20.7. The summed E-state index contributed by atoms with van der Waals surface area (Å²) in [6.07, 6.45) is 0. The van der Waals surface area contributed by atoms with E-state index in [1.54, 1.807) is 0 Å². The van der Waals surface area contributed by atoms with Crippen LogP contribution in [0.4, 0.5) is 10.1 Å². The Balaban J connectivity index is 3.58. The van der Waals surface area contributed by atoms with Gasteiger partial charge in [0.05, 0.1) is 4.92 Å². The van der Waals surface area contributed by atoms with Crippen molar-refractivity contribution in [3.63, 3.8) is 0 Å². The Labute approximate surface area is 79.5 Å². The lowest BCUT2D eigenvalue weighted by molar-refractivity contribution is -0.387. The third-order valence-electron chi connectivity index (χ3n) is 1.87. The largest absolute Gasteiger partial charge is 0.315 e. The fraction of sp³-hybridized carbons (Fsp3) is 0.222. The average molecular weight is 197 g/mol. The van der Waals surface area contributed by atoms with Gasteiger partial charge in [-0.3, -0.25) is 14.9 Å². The van der Waals surface area contributed by atoms with Crippen molar-refractivity contribution in [2.75, 3.05) is 0 Å². The van der Waals surface area contributed by atoms with Crippen LogP contribution in [0.2, 0.25) is 0 Å². The number of rotatable bonds is 2. The second-order valence-electron chi connectivity index (χ2n) is 2.90. The number of nitrogens with zero attached hydrogens (tertiary/aromatic N) is 1. The van der Waals surface area contributed by atoms with Gasteiger partial charge >= 0.3 is 5.69 Å². The standard InChI is InChI=1S/C9H8FNO3/c1-5-3-4-7(10)9(11(13)14)8(5)6(2)12/h3-4H,1-2H3. The summed E-state index contributed by atoms with van der Waals surface area (Å²) in [5.74, 6) is -1.49. The maximum Gasteiger partial charge on any atom is 0.315 e. The smallest absolute Gasteiger partial charge is 0.294 e. The topological polar surface area (TPSA) is 60.2 Å². The highest BCUT2D eigenvalue weighted by Gasteiger charge is 2.24. The number of aryl methyl sites for hydroxylation is 1. The van der Waals surface area contributed by atoms with Gasteiger partial charge in [-0.25, -0.2) is 0 Å². The van der Waals surface area contributed by atoms with Crippen molar-refractivity contribution in [3.05, 3.63) is 39.2 Å². The fourth-order valence-electron chi connectivity index (χ4n) is 1.29. The Kier molecular flexibility index (Phi) is 2.60. The number of Topliss-reactive ketones (excluding diaryl/α,β-unsaturated/α-hetero) is 1. The van der Waals surface area contributed by atoms with Gasteiger partial charge in [0.25, 0.3) is 0 Å². The van der Waals surface area contributed by atoms with E-state index in [1.807, 2.05) is 0 Å². The first-order valence-corrected chi connectivity index (χ1v) is 3.89. The van der Waals surface area contributed by atoms with Crippen LogP contribution >= 0.6 is 0 Å². The lowest BCUT2D eigenvalue weighted by Crippen LogP contribution is -2.05. The molecule has 1 aromatic carbocycles. The van der Waals surface area contributed by atoms with Crippen molar-refractivity contribution in [1.82, 2.24) is 0 Å². The lowest BCUT2D eigenvalue weighted by atomic mass is 10.0. The molecule has 0 aliphatic heterocycles. The van der Waals surface area contributed by atoms with Gasteiger partial charge < -0.3 is 0 Å². The van der Waals surface area contributed by atoms with Gasteiger partial charge in [-0.1, -0.05) is 6.07 Å². The molecule has 0 spiro atoms. The minimum atomic E-state index is -0.981. The first kappa shape index (κ1) is 10.3. The van der Waals surface area contributed by atoms with Crippen molar-refractivity contribution >= 4 is 11.5 Å². The molecule has 0 atom stereocenters. The zero-order valence-corrected chi connectivity index (χ0v) is 7.70. The van der Waals surface area contributed by atoms with E-state index < -0.39 is 22.2 Å². The number of nitro benzene ring substituents is 1. The highest BCUT2D eigenvalue weighted by Crippen LogP contribution is 2.25. The second-order valence-corrected chi connectivity index (χ2v) is 2.90. The predicted octanol–water partition coefficient (Wildman–Crippen LogP) is 2.24. The van der Waals surface area contributed by atoms with Crippen LogP contribution in [0.3, 0.4) is 0 Å². The quantitative estimate of drug-likeness (QED) is 0.415. The molecular weight excluding hydrogens is 189 g/mol. The van der Waals surface area contributed by atoms with Crippen LogP contribution in [0.15, 0.2) is 12.1 Å². The predicted molar refractivity (Wildman–Crippen MR) is 47.8 cm³/mol. The second kappa shape index (κ2) is 3.53. The Bertz CT molecular complexity index is 376. The van der Waals surface area contributed by atoms with Crippen LogP contribution in [0, 0.1) is 22.9 Å². The molecule has 0 saturated heterocycles. The van der Waals surface area contributed by atoms with Crippen LogP contribution in [0.5, 0.6) is 0 Å². The van der Waals surface area contributed by atoms with E-state index in [9.17, 15) is 19.3 Å². The number of hydrogen-bond donors (Lipinski definition) is 0. The van der Waals surface area contributed by atoms with E-state index in [0.29, 0.717) is 5.56 Å². The third-order valence-corrected chi connectivity index (χ3v) is 1.87. The van der Waals surface area contributed by atoms with Gasteiger partial charge in [0.15, 0.2) is 5.78 Å². The fourth-order valence-corrected chi connectivity index (χ4v) is 1.29. The molecule has 4 nitrogen and oxygen atoms in total. The van der Waals surface area contributed by atoms with Gasteiger partial charge in [-0.05, 0) is 25.5 Å². The number of nitro groups is 1. The van der Waals surface area contributed by atoms with Crippen molar-refractivity contribution in [1.29, 1.82) is 0 Å². The molecule has 0 heterocycles. The third kappa shape index (κ3) is 1.61. The van der Waals surface area contributed by atoms with E-state index in [-0.39, 0.29) is 5.56 Å². The molecule has 0 aliphatic rings. The number of halogens is 1. The Morgan fingerprint density at radius 2 is 2.07 bits per heavy atom. The summed E-state index contributed by atoms with van der Waals surface area (Å²) in [6, 6.07) is 2.33. The van der Waals surface area contributed by atoms with Crippen molar-refractivity contribution < 1.29 is 14.1 Å². The van der Waals surface area contributed by atoms with Crippen LogP contribution in [-0.4, -0.2) is 10.7 Å². The first-order chi connectivity index (χ1) is 6.45. The highest BCUT2D eigenvalue weighted by atomic mass is 19.1. The van der Waals surface area contributed by atoms with Gasteiger partial charge in [0.1, 0.15) is 5.56 Å². The van der Waals surface area contributed by atoms with Crippen molar-refractivity contribution in [2.45, 2.75) is 13.8 Å². The van der Waals surface area contributed by atoms with Crippen LogP contribution in [-0.2, 0) is 0 Å². The normalized spacial score (nSPS) is 9.93. The summed E-state index contributed by atoms with van der Waals surface area (Å²) in [5.41, 5.74) is -0.488. The molecule has 0 amide bonds. The van der Waals surface area contributed by atoms with Gasteiger partial charge in [-0.2, -0.15) is 4.39 Å². The molecule has 0 unspecified atom stereocenters. The van der Waals surface area contributed by atoms with Gasteiger partial charge in [0, 0.05) is 0 Å². The molecule has 0 aromatic heterocycles. The summed E-state index contributed by atoms with van der Waals surface area (Å²) in [6.45, 7) is 2.71. The number of carbonyl (C=O) groups excluding carboxylic acids is 1. The molecule has 14 heavy (non-hydrogen) atoms. The summed E-state index contributed by atoms with van der Waals surface area (Å²) >= 11 is 0. The highest BCUT2D eigenvalue weighted by molar-refractivity contribution is 5.99. The Hall–Kier alpha value is -1.78. The molecule has 0 saturated carbocycles. The van der Waals surface area contributed by atoms with Crippen molar-refractivity contribution in [3.8, 4) is 0 Å². The molecule has 0 radical (unpaired) electrons. The summed E-state index contributed by atoms with van der Waals surface area (Å²) in [5, 5.41) is 10.5. The number of carbonyl (C=O) groups is 1. The molecule has 0 fully saturated rings. The Morgan fingerprint density at radius 1 is 1.50 bits per heavy atom.